The Morgan fingerprint density at radius 3 is 2.08 bits per heavy atom. The van der Waals surface area contributed by atoms with Crippen molar-refractivity contribution in [2.45, 2.75) is 47.8 Å². The van der Waals surface area contributed by atoms with E-state index in [-0.39, 0.29) is 33.5 Å². The van der Waals surface area contributed by atoms with Gasteiger partial charge in [0.25, 0.3) is 5.91 Å². The fourth-order valence-corrected chi connectivity index (χ4v) is 7.57. The Hall–Kier alpha value is -2.89. The number of halogens is 2. The number of H-pyrrole nitrogens is 1. The van der Waals surface area contributed by atoms with E-state index in [1.807, 2.05) is 19.9 Å². The molecule has 0 radical (unpaired) electrons. The largest absolute Gasteiger partial charge is 0.351 e. The lowest BCUT2D eigenvalue weighted by atomic mass is 10.2. The number of aromatic amines is 1. The molecule has 0 atom stereocenters. The molecule has 3 N–H and O–H groups in total. The van der Waals surface area contributed by atoms with Crippen molar-refractivity contribution in [2.75, 3.05) is 13.1 Å². The number of sulfonamides is 1. The number of amides is 1. The van der Waals surface area contributed by atoms with E-state index in [0.29, 0.717) is 40.2 Å². The van der Waals surface area contributed by atoms with E-state index < -0.39 is 25.8 Å². The van der Waals surface area contributed by atoms with Crippen LogP contribution >= 0.6 is 23.2 Å². The quantitative estimate of drug-likeness (QED) is 0.182. The molecule has 0 aliphatic rings. The molecule has 0 saturated carbocycles. The lowest BCUT2D eigenvalue weighted by molar-refractivity contribution is 0.0945. The van der Waals surface area contributed by atoms with Crippen molar-refractivity contribution < 1.29 is 21.6 Å². The summed E-state index contributed by atoms with van der Waals surface area (Å²) < 4.78 is 54.8. The SMILES string of the molecule is Cc1cc(C)cc(S(=O)(=O)c2c(C(=O)NCCCCCNS(=O)(=O)c3ccc(Cl)cc3)[nH]c3ccc(Cl)cc23)c1. The topological polar surface area (TPSA) is 125 Å². The first-order chi connectivity index (χ1) is 18.9. The van der Waals surface area contributed by atoms with Crippen molar-refractivity contribution in [1.82, 2.24) is 15.0 Å². The lowest BCUT2D eigenvalue weighted by Crippen LogP contribution is -2.27. The molecule has 4 aromatic rings. The molecule has 4 rings (SSSR count). The normalized spacial score (nSPS) is 12.1. The highest BCUT2D eigenvalue weighted by molar-refractivity contribution is 7.91. The van der Waals surface area contributed by atoms with Crippen LogP contribution in [0.25, 0.3) is 10.9 Å². The van der Waals surface area contributed by atoms with E-state index in [9.17, 15) is 21.6 Å². The minimum absolute atomic E-state index is 0.0628. The summed E-state index contributed by atoms with van der Waals surface area (Å²) in [5.74, 6) is -0.557. The molecule has 0 fully saturated rings. The molecule has 1 heterocycles. The van der Waals surface area contributed by atoms with Gasteiger partial charge in [0, 0.05) is 34.0 Å². The maximum absolute atomic E-state index is 13.8. The fraction of sp³-hybridized carbons (Fsp3) is 0.250. The zero-order valence-electron chi connectivity index (χ0n) is 21.9. The second-order valence-electron chi connectivity index (χ2n) is 9.51. The van der Waals surface area contributed by atoms with Crippen molar-refractivity contribution in [3.05, 3.63) is 87.5 Å². The van der Waals surface area contributed by atoms with Crippen LogP contribution < -0.4 is 10.0 Å². The first-order valence-electron chi connectivity index (χ1n) is 12.6. The van der Waals surface area contributed by atoms with Gasteiger partial charge >= 0.3 is 0 Å². The van der Waals surface area contributed by atoms with Gasteiger partial charge in [-0.3, -0.25) is 4.79 Å². The van der Waals surface area contributed by atoms with Crippen LogP contribution in [0.4, 0.5) is 0 Å². The zero-order valence-corrected chi connectivity index (χ0v) is 25.1. The van der Waals surface area contributed by atoms with Gasteiger partial charge in [-0.25, -0.2) is 21.6 Å². The Bertz CT molecular complexity index is 1750. The van der Waals surface area contributed by atoms with Crippen LogP contribution in [0, 0.1) is 13.8 Å². The van der Waals surface area contributed by atoms with Gasteiger partial charge in [0.1, 0.15) is 10.6 Å². The van der Waals surface area contributed by atoms with Gasteiger partial charge in [0.05, 0.1) is 9.79 Å². The number of rotatable bonds is 11. The maximum atomic E-state index is 13.8. The summed E-state index contributed by atoms with van der Waals surface area (Å²) in [5.41, 5.74) is 1.99. The van der Waals surface area contributed by atoms with E-state index in [2.05, 4.69) is 15.0 Å². The third-order valence-corrected chi connectivity index (χ3v) is 10.1. The number of aromatic nitrogens is 1. The number of benzene rings is 3. The Morgan fingerprint density at radius 2 is 1.40 bits per heavy atom. The third kappa shape index (κ3) is 6.87. The van der Waals surface area contributed by atoms with Gasteiger partial charge in [-0.2, -0.15) is 0 Å². The van der Waals surface area contributed by atoms with Crippen LogP contribution in [0.1, 0.15) is 40.9 Å². The van der Waals surface area contributed by atoms with E-state index >= 15 is 0 Å². The van der Waals surface area contributed by atoms with Gasteiger partial charge in [-0.15, -0.1) is 0 Å². The van der Waals surface area contributed by atoms with Crippen LogP contribution in [-0.4, -0.2) is 40.8 Å². The maximum Gasteiger partial charge on any atom is 0.269 e. The molecular formula is C28H29Cl2N3O5S2. The number of unbranched alkanes of at least 4 members (excludes halogenated alkanes) is 2. The summed E-state index contributed by atoms with van der Waals surface area (Å²) in [6.07, 6.45) is 1.76. The van der Waals surface area contributed by atoms with Crippen LogP contribution in [0.2, 0.25) is 10.0 Å². The lowest BCUT2D eigenvalue weighted by Gasteiger charge is -2.10. The highest BCUT2D eigenvalue weighted by Crippen LogP contribution is 2.34. The van der Waals surface area contributed by atoms with Gasteiger partial charge in [0.15, 0.2) is 0 Å². The third-order valence-electron chi connectivity index (χ3n) is 6.27. The summed E-state index contributed by atoms with van der Waals surface area (Å²) in [5, 5.41) is 3.92. The smallest absolute Gasteiger partial charge is 0.269 e. The van der Waals surface area contributed by atoms with Crippen LogP contribution in [-0.2, 0) is 19.9 Å². The summed E-state index contributed by atoms with van der Waals surface area (Å²) in [4.78, 5) is 16.3. The van der Waals surface area contributed by atoms with Crippen molar-refractivity contribution >= 4 is 59.9 Å². The molecule has 0 spiro atoms. The average molecular weight is 623 g/mol. The Kier molecular flexibility index (Phi) is 9.26. The molecule has 212 valence electrons. The van der Waals surface area contributed by atoms with Gasteiger partial charge in [-0.1, -0.05) is 35.7 Å². The number of fused-ring (bicyclic) bond motifs is 1. The zero-order chi connectivity index (χ0) is 29.1. The predicted molar refractivity (Wildman–Crippen MR) is 158 cm³/mol. The van der Waals surface area contributed by atoms with E-state index in [1.54, 1.807) is 24.3 Å². The monoisotopic (exact) mass is 621 g/mol. The molecule has 0 unspecified atom stereocenters. The highest BCUT2D eigenvalue weighted by Gasteiger charge is 2.30. The number of carbonyl (C=O) groups is 1. The predicted octanol–water partition coefficient (Wildman–Crippen LogP) is 5.80. The number of sulfone groups is 1. The molecule has 1 amide bonds. The highest BCUT2D eigenvalue weighted by atomic mass is 35.5. The van der Waals surface area contributed by atoms with Crippen LogP contribution in [0.3, 0.4) is 0 Å². The molecule has 12 heteroatoms. The van der Waals surface area contributed by atoms with Crippen molar-refractivity contribution in [3.8, 4) is 0 Å². The van der Waals surface area contributed by atoms with Crippen molar-refractivity contribution in [3.63, 3.8) is 0 Å². The number of carbonyl (C=O) groups excluding carboxylic acids is 1. The molecule has 8 nitrogen and oxygen atoms in total. The van der Waals surface area contributed by atoms with Crippen molar-refractivity contribution in [1.29, 1.82) is 0 Å². The molecular weight excluding hydrogens is 593 g/mol. The molecule has 0 saturated heterocycles. The van der Waals surface area contributed by atoms with Gasteiger partial charge < -0.3 is 10.3 Å². The molecule has 0 bridgehead atoms. The molecule has 0 aliphatic heterocycles. The minimum Gasteiger partial charge on any atom is -0.351 e. The summed E-state index contributed by atoms with van der Waals surface area (Å²) in [6, 6.07) is 15.7. The van der Waals surface area contributed by atoms with Crippen LogP contribution in [0.15, 0.2) is 75.4 Å². The van der Waals surface area contributed by atoms with Crippen LogP contribution in [0.5, 0.6) is 0 Å². The first kappa shape index (κ1) is 30.1. The first-order valence-corrected chi connectivity index (χ1v) is 16.3. The Balaban J connectivity index is 1.42. The fourth-order valence-electron chi connectivity index (χ4n) is 4.41. The second-order valence-corrected chi connectivity index (χ2v) is 14.0. The number of hydrogen-bond donors (Lipinski definition) is 3. The van der Waals surface area contributed by atoms with Gasteiger partial charge in [0.2, 0.25) is 19.9 Å². The van der Waals surface area contributed by atoms with E-state index in [0.717, 1.165) is 11.1 Å². The molecule has 40 heavy (non-hydrogen) atoms. The molecule has 3 aromatic carbocycles. The minimum atomic E-state index is -4.06. The summed E-state index contributed by atoms with van der Waals surface area (Å²) in [6.45, 7) is 4.14. The van der Waals surface area contributed by atoms with E-state index in [1.165, 1.54) is 30.3 Å². The second kappa shape index (κ2) is 12.3. The number of nitrogens with one attached hydrogen (secondary N) is 3. The Morgan fingerprint density at radius 1 is 0.775 bits per heavy atom. The Labute approximate surface area is 244 Å². The number of aryl methyl sites for hydroxylation is 2. The summed E-state index contributed by atoms with van der Waals surface area (Å²) in [7, 11) is -7.70. The standard InChI is InChI=1S/C28H29Cl2N3O5S2/c1-18-14-19(2)16-23(15-18)39(35,36)27-24-17-21(30)8-11-25(24)33-26(27)28(34)31-12-4-3-5-13-32-40(37,38)22-9-6-20(29)7-10-22/h6-11,14-17,32-33H,3-5,12-13H2,1-2H3,(H,31,34). The molecule has 1 aromatic heterocycles. The average Bonchev–Trinajstić information content (AvgIpc) is 3.27. The van der Waals surface area contributed by atoms with Gasteiger partial charge in [-0.05, 0) is 92.4 Å². The van der Waals surface area contributed by atoms with Crippen molar-refractivity contribution in [2.24, 2.45) is 0 Å². The summed E-state index contributed by atoms with van der Waals surface area (Å²) >= 11 is 12.0. The van der Waals surface area contributed by atoms with E-state index in [4.69, 9.17) is 23.2 Å². The molecule has 0 aliphatic carbocycles. The number of hydrogen-bond acceptors (Lipinski definition) is 5.